The highest BCUT2D eigenvalue weighted by atomic mass is 33.1. The first-order valence-electron chi connectivity index (χ1n) is 13.2. The molecule has 1 aliphatic rings. The molecule has 5 heterocycles. The Balaban J connectivity index is 1.18. The first-order valence-corrected chi connectivity index (χ1v) is 15.4. The van der Waals surface area contributed by atoms with Gasteiger partial charge in [-0.3, -0.25) is 29.7 Å². The van der Waals surface area contributed by atoms with Gasteiger partial charge in [-0.05, 0) is 61.4 Å². The standard InChI is InChI=1S/C30H34N6S2/c1-5-15-31-25(9-1)19-35(20-26-10-2-6-16-32-26)23-29-13-14-30(38-37-29)24-36(21-27-11-3-7-17-33-27)22-28-12-4-8-18-34-28/h1-12,15-18,29-30H,13-14,19-24H2/t29-,30+. The topological polar surface area (TPSA) is 58.0 Å². The van der Waals surface area contributed by atoms with Crippen LogP contribution in [0.5, 0.6) is 0 Å². The van der Waals surface area contributed by atoms with Crippen molar-refractivity contribution in [3.8, 4) is 0 Å². The van der Waals surface area contributed by atoms with Crippen LogP contribution in [0.2, 0.25) is 0 Å². The summed E-state index contributed by atoms with van der Waals surface area (Å²) in [5, 5.41) is 1.17. The van der Waals surface area contributed by atoms with Gasteiger partial charge in [-0.15, -0.1) is 0 Å². The average molecular weight is 543 g/mol. The molecule has 1 fully saturated rings. The second-order valence-corrected chi connectivity index (χ2v) is 12.5. The first kappa shape index (κ1) is 26.8. The fourth-order valence-electron chi connectivity index (χ4n) is 4.70. The molecule has 1 aliphatic heterocycles. The molecule has 0 amide bonds. The van der Waals surface area contributed by atoms with Crippen LogP contribution in [0.15, 0.2) is 97.6 Å². The van der Waals surface area contributed by atoms with E-state index in [9.17, 15) is 0 Å². The van der Waals surface area contributed by atoms with Gasteiger partial charge in [0.1, 0.15) is 0 Å². The van der Waals surface area contributed by atoms with E-state index in [0.29, 0.717) is 10.5 Å². The smallest absolute Gasteiger partial charge is 0.0544 e. The van der Waals surface area contributed by atoms with E-state index in [1.54, 1.807) is 0 Å². The number of hydrogen-bond donors (Lipinski definition) is 0. The van der Waals surface area contributed by atoms with Gasteiger partial charge in [-0.2, -0.15) is 0 Å². The Morgan fingerprint density at radius 1 is 0.500 bits per heavy atom. The molecular formula is C30H34N6S2. The quantitative estimate of drug-likeness (QED) is 0.206. The molecule has 2 atom stereocenters. The molecule has 4 aromatic rings. The molecule has 0 spiro atoms. The second kappa shape index (κ2) is 14.4. The van der Waals surface area contributed by atoms with Crippen molar-refractivity contribution in [3.05, 3.63) is 120 Å². The van der Waals surface area contributed by atoms with Gasteiger partial charge in [0.05, 0.1) is 22.8 Å². The van der Waals surface area contributed by atoms with E-state index < -0.39 is 0 Å². The Morgan fingerprint density at radius 2 is 0.816 bits per heavy atom. The van der Waals surface area contributed by atoms with Crippen LogP contribution in [-0.4, -0.2) is 53.3 Å². The van der Waals surface area contributed by atoms with E-state index in [1.165, 1.54) is 12.8 Å². The molecule has 0 unspecified atom stereocenters. The van der Waals surface area contributed by atoms with E-state index in [-0.39, 0.29) is 0 Å². The van der Waals surface area contributed by atoms with Crippen LogP contribution in [0, 0.1) is 0 Å². The van der Waals surface area contributed by atoms with E-state index in [1.807, 2.05) is 49.1 Å². The average Bonchev–Trinajstić information content (AvgIpc) is 2.96. The van der Waals surface area contributed by atoms with Gasteiger partial charge < -0.3 is 0 Å². The van der Waals surface area contributed by atoms with Crippen molar-refractivity contribution in [1.29, 1.82) is 0 Å². The fourth-order valence-corrected chi connectivity index (χ4v) is 7.91. The van der Waals surface area contributed by atoms with Gasteiger partial charge in [0, 0.05) is 74.6 Å². The fraction of sp³-hybridized carbons (Fsp3) is 0.333. The summed E-state index contributed by atoms with van der Waals surface area (Å²) in [6.07, 6.45) is 9.95. The van der Waals surface area contributed by atoms with Gasteiger partial charge in [0.2, 0.25) is 0 Å². The Labute approximate surface area is 233 Å². The monoisotopic (exact) mass is 542 g/mol. The lowest BCUT2D eigenvalue weighted by atomic mass is 10.1. The van der Waals surface area contributed by atoms with E-state index >= 15 is 0 Å². The Hall–Kier alpha value is -2.78. The summed E-state index contributed by atoms with van der Waals surface area (Å²) in [6.45, 7) is 5.41. The molecule has 196 valence electrons. The van der Waals surface area contributed by atoms with Crippen LogP contribution >= 0.6 is 21.6 Å². The van der Waals surface area contributed by atoms with Crippen LogP contribution in [0.25, 0.3) is 0 Å². The highest BCUT2D eigenvalue weighted by Gasteiger charge is 2.26. The molecule has 1 saturated heterocycles. The molecule has 5 rings (SSSR count). The maximum atomic E-state index is 4.58. The van der Waals surface area contributed by atoms with E-state index in [2.05, 4.69) is 99.9 Å². The molecule has 8 heteroatoms. The summed E-state index contributed by atoms with van der Waals surface area (Å²) < 4.78 is 0. The van der Waals surface area contributed by atoms with Gasteiger partial charge in [-0.1, -0.05) is 45.9 Å². The normalized spacial score (nSPS) is 17.6. The summed E-state index contributed by atoms with van der Waals surface area (Å²) in [5.74, 6) is 0. The molecule has 6 nitrogen and oxygen atoms in total. The van der Waals surface area contributed by atoms with Crippen molar-refractivity contribution in [2.45, 2.75) is 49.5 Å². The van der Waals surface area contributed by atoms with E-state index in [0.717, 1.165) is 62.0 Å². The van der Waals surface area contributed by atoms with Gasteiger partial charge in [0.25, 0.3) is 0 Å². The van der Waals surface area contributed by atoms with Crippen LogP contribution in [0.1, 0.15) is 35.6 Å². The third kappa shape index (κ3) is 8.63. The second-order valence-electron chi connectivity index (χ2n) is 9.64. The highest BCUT2D eigenvalue weighted by Crippen LogP contribution is 2.42. The summed E-state index contributed by atoms with van der Waals surface area (Å²) in [4.78, 5) is 23.3. The zero-order chi connectivity index (χ0) is 25.8. The van der Waals surface area contributed by atoms with Gasteiger partial charge >= 0.3 is 0 Å². The molecule has 0 saturated carbocycles. The number of aromatic nitrogens is 4. The zero-order valence-corrected chi connectivity index (χ0v) is 23.2. The molecule has 0 radical (unpaired) electrons. The van der Waals surface area contributed by atoms with Gasteiger partial charge in [-0.25, -0.2) is 0 Å². The number of nitrogens with zero attached hydrogens (tertiary/aromatic N) is 6. The van der Waals surface area contributed by atoms with Crippen molar-refractivity contribution in [2.75, 3.05) is 13.1 Å². The molecule has 0 N–H and O–H groups in total. The highest BCUT2D eigenvalue weighted by molar-refractivity contribution is 8.77. The minimum Gasteiger partial charge on any atom is -0.291 e. The Bertz CT molecular complexity index is 1010. The summed E-state index contributed by atoms with van der Waals surface area (Å²) in [6, 6.07) is 24.6. The summed E-state index contributed by atoms with van der Waals surface area (Å²) in [7, 11) is 4.10. The van der Waals surface area contributed by atoms with Crippen molar-refractivity contribution in [2.24, 2.45) is 0 Å². The maximum absolute atomic E-state index is 4.58. The van der Waals surface area contributed by atoms with E-state index in [4.69, 9.17) is 0 Å². The third-order valence-electron chi connectivity index (χ3n) is 6.51. The van der Waals surface area contributed by atoms with Crippen molar-refractivity contribution in [1.82, 2.24) is 29.7 Å². The lowest BCUT2D eigenvalue weighted by Gasteiger charge is -2.34. The number of rotatable bonds is 12. The predicted octanol–water partition coefficient (Wildman–Crippen LogP) is 5.88. The van der Waals surface area contributed by atoms with Crippen molar-refractivity contribution >= 4 is 21.6 Å². The molecular weight excluding hydrogens is 509 g/mol. The molecule has 0 aliphatic carbocycles. The third-order valence-corrected chi connectivity index (χ3v) is 9.90. The lowest BCUT2D eigenvalue weighted by molar-refractivity contribution is 0.238. The molecule has 38 heavy (non-hydrogen) atoms. The predicted molar refractivity (Wildman–Crippen MR) is 157 cm³/mol. The zero-order valence-electron chi connectivity index (χ0n) is 21.5. The number of hydrogen-bond acceptors (Lipinski definition) is 8. The minimum absolute atomic E-state index is 0.587. The Morgan fingerprint density at radius 3 is 1.05 bits per heavy atom. The van der Waals surface area contributed by atoms with Crippen LogP contribution in [0.3, 0.4) is 0 Å². The van der Waals surface area contributed by atoms with Crippen molar-refractivity contribution in [3.63, 3.8) is 0 Å². The molecule has 0 aromatic carbocycles. The molecule has 0 bridgehead atoms. The van der Waals surface area contributed by atoms with Crippen molar-refractivity contribution < 1.29 is 0 Å². The van der Waals surface area contributed by atoms with Crippen LogP contribution in [0.4, 0.5) is 0 Å². The minimum atomic E-state index is 0.587. The summed E-state index contributed by atoms with van der Waals surface area (Å²) >= 11 is 0. The first-order chi connectivity index (χ1) is 18.8. The number of pyridine rings is 4. The van der Waals surface area contributed by atoms with Crippen LogP contribution < -0.4 is 0 Å². The maximum Gasteiger partial charge on any atom is 0.0544 e. The molecule has 4 aromatic heterocycles. The van der Waals surface area contributed by atoms with Gasteiger partial charge in [0.15, 0.2) is 0 Å². The lowest BCUT2D eigenvalue weighted by Crippen LogP contribution is -2.35. The largest absolute Gasteiger partial charge is 0.291 e. The SMILES string of the molecule is c1ccc(CN(Cc2ccccn2)C[C@H]2CC[C@@H](CN(Cc3ccccn3)Cc3ccccn3)SS2)nc1. The van der Waals surface area contributed by atoms with Crippen LogP contribution in [-0.2, 0) is 26.2 Å². The summed E-state index contributed by atoms with van der Waals surface area (Å²) in [5.41, 5.74) is 4.42. The Kier molecular flexibility index (Phi) is 10.2.